The quantitative estimate of drug-likeness (QED) is 0.442. The highest BCUT2D eigenvalue weighted by Crippen LogP contribution is 2.26. The molecule has 3 heterocycles. The molecule has 1 aliphatic rings. The zero-order valence-corrected chi connectivity index (χ0v) is 19.5. The van der Waals surface area contributed by atoms with Crippen LogP contribution >= 0.6 is 23.6 Å². The zero-order valence-electron chi connectivity index (χ0n) is 17.8. The van der Waals surface area contributed by atoms with Crippen LogP contribution in [0.4, 0.5) is 16.2 Å². The molecule has 8 nitrogen and oxygen atoms in total. The maximum Gasteiger partial charge on any atom is 0.321 e. The summed E-state index contributed by atoms with van der Waals surface area (Å²) in [5, 5.41) is 14.9. The van der Waals surface area contributed by atoms with Gasteiger partial charge in [0, 0.05) is 24.5 Å². The number of benzene rings is 1. The number of nitrogens with one attached hydrogen (secondary N) is 3. The number of anilines is 2. The van der Waals surface area contributed by atoms with Gasteiger partial charge < -0.3 is 15.5 Å². The van der Waals surface area contributed by atoms with Crippen molar-refractivity contribution < 1.29 is 9.59 Å². The Morgan fingerprint density at radius 2 is 1.72 bits per heavy atom. The number of aromatic nitrogens is 3. The van der Waals surface area contributed by atoms with Crippen molar-refractivity contribution in [2.45, 2.75) is 38.6 Å². The molecule has 1 aliphatic heterocycles. The molecule has 0 bridgehead atoms. The number of hydrogen-bond donors (Lipinski definition) is 3. The van der Waals surface area contributed by atoms with E-state index in [-0.39, 0.29) is 11.9 Å². The molecule has 1 unspecified atom stereocenters. The van der Waals surface area contributed by atoms with Crippen molar-refractivity contribution >= 4 is 46.9 Å². The smallest absolute Gasteiger partial charge is 0.321 e. The van der Waals surface area contributed by atoms with E-state index in [1.54, 1.807) is 35.8 Å². The molecule has 2 aromatic heterocycles. The summed E-state index contributed by atoms with van der Waals surface area (Å²) in [5.41, 5.74) is 1.34. The van der Waals surface area contributed by atoms with Crippen LogP contribution in [0, 0.1) is 4.77 Å². The van der Waals surface area contributed by atoms with Crippen LogP contribution in [-0.2, 0) is 4.79 Å². The van der Waals surface area contributed by atoms with Crippen molar-refractivity contribution in [1.29, 1.82) is 0 Å². The van der Waals surface area contributed by atoms with Crippen LogP contribution in [-0.4, -0.2) is 44.7 Å². The van der Waals surface area contributed by atoms with Gasteiger partial charge in [-0.15, -0.1) is 11.3 Å². The molecule has 0 aliphatic carbocycles. The lowest BCUT2D eigenvalue weighted by Gasteiger charge is -2.21. The third kappa shape index (κ3) is 5.08. The highest BCUT2D eigenvalue weighted by molar-refractivity contribution is 7.71. The van der Waals surface area contributed by atoms with Gasteiger partial charge >= 0.3 is 6.03 Å². The number of amides is 3. The van der Waals surface area contributed by atoms with Crippen molar-refractivity contribution in [3.63, 3.8) is 0 Å². The lowest BCUT2D eigenvalue weighted by molar-refractivity contribution is -0.118. The van der Waals surface area contributed by atoms with Crippen LogP contribution in [0.3, 0.4) is 0 Å². The second-order valence-corrected chi connectivity index (χ2v) is 9.11. The van der Waals surface area contributed by atoms with E-state index in [1.165, 1.54) is 24.2 Å². The fourth-order valence-corrected chi connectivity index (χ4v) is 4.72. The normalized spacial score (nSPS) is 15.1. The van der Waals surface area contributed by atoms with Crippen molar-refractivity contribution in [3.8, 4) is 10.7 Å². The Labute approximate surface area is 195 Å². The number of hydrogen-bond acceptors (Lipinski definition) is 5. The van der Waals surface area contributed by atoms with Crippen molar-refractivity contribution in [3.05, 3.63) is 46.5 Å². The third-order valence-corrected chi connectivity index (χ3v) is 6.66. The molecular formula is C22H26N6O2S2. The highest BCUT2D eigenvalue weighted by Gasteiger charge is 2.21. The van der Waals surface area contributed by atoms with Gasteiger partial charge in [-0.1, -0.05) is 18.9 Å². The summed E-state index contributed by atoms with van der Waals surface area (Å²) in [5.74, 6) is 0.431. The second-order valence-electron chi connectivity index (χ2n) is 7.77. The van der Waals surface area contributed by atoms with E-state index in [0.29, 0.717) is 22.0 Å². The molecule has 32 heavy (non-hydrogen) atoms. The molecule has 10 heteroatoms. The number of aromatic amines is 1. The number of likely N-dealkylation sites (tertiary alicyclic amines) is 1. The van der Waals surface area contributed by atoms with Gasteiger partial charge in [-0.3, -0.25) is 14.5 Å². The first-order valence-electron chi connectivity index (χ1n) is 10.7. The molecule has 1 fully saturated rings. The Hall–Kier alpha value is -2.98. The van der Waals surface area contributed by atoms with E-state index in [9.17, 15) is 9.59 Å². The SMILES string of the molecule is CC(C(=O)Nc1ccc(NC(=O)N2CCCCCC2)cc1)n1c(-c2cccs2)n[nH]c1=S. The second kappa shape index (κ2) is 10.1. The van der Waals surface area contributed by atoms with Crippen LogP contribution < -0.4 is 10.6 Å². The summed E-state index contributed by atoms with van der Waals surface area (Å²) in [6.45, 7) is 3.37. The summed E-state index contributed by atoms with van der Waals surface area (Å²) in [6.07, 6.45) is 4.45. The molecule has 4 rings (SSSR count). The standard InChI is InChI=1S/C22H26N6O2S2/c1-15(28-19(25-26-22(28)31)18-7-6-14-32-18)20(29)23-16-8-10-17(11-9-16)24-21(30)27-12-4-2-3-5-13-27/h6-11,14-15H,2-5,12-13H2,1H3,(H,23,29)(H,24,30)(H,26,31). The Kier molecular flexibility index (Phi) is 7.01. The molecular weight excluding hydrogens is 444 g/mol. The average molecular weight is 471 g/mol. The minimum absolute atomic E-state index is 0.0762. The fourth-order valence-electron chi connectivity index (χ4n) is 3.72. The van der Waals surface area contributed by atoms with E-state index in [4.69, 9.17) is 12.2 Å². The number of rotatable bonds is 5. The van der Waals surface area contributed by atoms with Gasteiger partial charge in [-0.25, -0.2) is 4.79 Å². The van der Waals surface area contributed by atoms with E-state index in [1.807, 2.05) is 22.4 Å². The number of thiophene rings is 1. The van der Waals surface area contributed by atoms with Crippen molar-refractivity contribution in [1.82, 2.24) is 19.7 Å². The Morgan fingerprint density at radius 3 is 2.34 bits per heavy atom. The number of carbonyl (C=O) groups is 2. The fraction of sp³-hybridized carbons (Fsp3) is 0.364. The lowest BCUT2D eigenvalue weighted by atomic mass is 10.2. The maximum atomic E-state index is 12.9. The number of carbonyl (C=O) groups excluding carboxylic acids is 2. The van der Waals surface area contributed by atoms with Crippen LogP contribution in [0.2, 0.25) is 0 Å². The number of urea groups is 1. The number of nitrogens with zero attached hydrogens (tertiary/aromatic N) is 3. The largest absolute Gasteiger partial charge is 0.325 e. The van der Waals surface area contributed by atoms with Gasteiger partial charge in [0.15, 0.2) is 10.6 Å². The van der Waals surface area contributed by atoms with Crippen LogP contribution in [0.25, 0.3) is 10.7 Å². The van der Waals surface area contributed by atoms with Gasteiger partial charge in [0.1, 0.15) is 6.04 Å². The molecule has 0 spiro atoms. The van der Waals surface area contributed by atoms with Gasteiger partial charge in [0.2, 0.25) is 5.91 Å². The summed E-state index contributed by atoms with van der Waals surface area (Å²) in [6, 6.07) is 10.4. The first-order valence-corrected chi connectivity index (χ1v) is 12.0. The molecule has 0 saturated carbocycles. The van der Waals surface area contributed by atoms with Crippen LogP contribution in [0.1, 0.15) is 38.6 Å². The molecule has 1 atom stereocenters. The predicted molar refractivity (Wildman–Crippen MR) is 130 cm³/mol. The molecule has 1 saturated heterocycles. The minimum atomic E-state index is -0.555. The van der Waals surface area contributed by atoms with E-state index >= 15 is 0 Å². The van der Waals surface area contributed by atoms with Gasteiger partial charge in [0.25, 0.3) is 0 Å². The molecule has 168 valence electrons. The van der Waals surface area contributed by atoms with E-state index in [2.05, 4.69) is 20.8 Å². The summed E-state index contributed by atoms with van der Waals surface area (Å²) in [4.78, 5) is 28.2. The lowest BCUT2D eigenvalue weighted by Crippen LogP contribution is -2.35. The average Bonchev–Trinajstić information content (AvgIpc) is 3.36. The highest BCUT2D eigenvalue weighted by atomic mass is 32.1. The molecule has 3 aromatic rings. The number of H-pyrrole nitrogens is 1. The topological polar surface area (TPSA) is 95.1 Å². The van der Waals surface area contributed by atoms with Gasteiger partial charge in [0.05, 0.1) is 4.88 Å². The Balaban J connectivity index is 1.39. The zero-order chi connectivity index (χ0) is 22.5. The molecule has 3 amide bonds. The van der Waals surface area contributed by atoms with E-state index < -0.39 is 6.04 Å². The Morgan fingerprint density at radius 1 is 1.06 bits per heavy atom. The summed E-state index contributed by atoms with van der Waals surface area (Å²) in [7, 11) is 0. The van der Waals surface area contributed by atoms with Gasteiger partial charge in [-0.05, 0) is 67.7 Å². The maximum absolute atomic E-state index is 12.9. The van der Waals surface area contributed by atoms with Crippen molar-refractivity contribution in [2.24, 2.45) is 0 Å². The first-order chi connectivity index (χ1) is 15.5. The molecule has 1 aromatic carbocycles. The summed E-state index contributed by atoms with van der Waals surface area (Å²) < 4.78 is 2.11. The van der Waals surface area contributed by atoms with Crippen LogP contribution in [0.5, 0.6) is 0 Å². The van der Waals surface area contributed by atoms with Crippen LogP contribution in [0.15, 0.2) is 41.8 Å². The van der Waals surface area contributed by atoms with E-state index in [0.717, 1.165) is 30.8 Å². The monoisotopic (exact) mass is 470 g/mol. The molecule has 3 N–H and O–H groups in total. The first kappa shape index (κ1) is 22.2. The molecule has 0 radical (unpaired) electrons. The van der Waals surface area contributed by atoms with Gasteiger partial charge in [-0.2, -0.15) is 5.10 Å². The Bertz CT molecular complexity index is 1110. The minimum Gasteiger partial charge on any atom is -0.325 e. The predicted octanol–water partition coefficient (Wildman–Crippen LogP) is 5.28. The van der Waals surface area contributed by atoms with Crippen molar-refractivity contribution in [2.75, 3.05) is 23.7 Å². The third-order valence-electron chi connectivity index (χ3n) is 5.51. The summed E-state index contributed by atoms with van der Waals surface area (Å²) >= 11 is 6.89.